The van der Waals surface area contributed by atoms with Crippen molar-refractivity contribution in [2.75, 3.05) is 44.2 Å². The molecule has 0 aliphatic carbocycles. The molecule has 224 valence electrons. The molecular weight excluding hydrogens is 532 g/mol. The number of hydrogen-bond donors (Lipinski definition) is 3. The van der Waals surface area contributed by atoms with Gasteiger partial charge in [0.25, 0.3) is 0 Å². The molecule has 0 aromatic rings. The quantitative estimate of drug-likeness (QED) is 0.254. The predicted octanol–water partition coefficient (Wildman–Crippen LogP) is 3.06. The molecule has 3 rings (SSSR count). The maximum absolute atomic E-state index is 14.1. The molecule has 8 nitrogen and oxygen atoms in total. The number of allylic oxidation sites excluding steroid dienone is 1. The molecule has 2 fully saturated rings. The third kappa shape index (κ3) is 8.84. The van der Waals surface area contributed by atoms with Crippen molar-refractivity contribution in [3.05, 3.63) is 5.03 Å². The lowest BCUT2D eigenvalue weighted by Crippen LogP contribution is -2.64. The number of nitrogens with zero attached hydrogens (tertiary/aromatic N) is 3. The van der Waals surface area contributed by atoms with Crippen LogP contribution in [0.3, 0.4) is 0 Å². The molecule has 2 saturated heterocycles. The molecule has 3 aliphatic heterocycles. The minimum atomic E-state index is -0.854. The Morgan fingerprint density at radius 1 is 1.23 bits per heavy atom. The summed E-state index contributed by atoms with van der Waals surface area (Å²) < 4.78 is 12.0. The van der Waals surface area contributed by atoms with Gasteiger partial charge in [0.1, 0.15) is 0 Å². The van der Waals surface area contributed by atoms with Gasteiger partial charge in [-0.25, -0.2) is 4.99 Å². The molecule has 10 heteroatoms. The number of halogens is 1. The lowest BCUT2D eigenvalue weighted by atomic mass is 9.65. The molecule has 6 unspecified atom stereocenters. The SMILES string of the molecule is CCCCCN1CCC(N2CCS(=O)CC2)C(NC(=O)C(C(N)N)C2N=C=C(Cl)CCC(C)(CCC)C2C)C1. The number of amides is 1. The van der Waals surface area contributed by atoms with Gasteiger partial charge in [-0.05, 0) is 62.4 Å². The fourth-order valence-electron chi connectivity index (χ4n) is 6.86. The van der Waals surface area contributed by atoms with Gasteiger partial charge in [-0.15, -0.1) is 0 Å². The number of nitrogens with one attached hydrogen (secondary N) is 1. The highest BCUT2D eigenvalue weighted by molar-refractivity contribution is 7.85. The van der Waals surface area contributed by atoms with Crippen LogP contribution in [0.25, 0.3) is 0 Å². The van der Waals surface area contributed by atoms with Gasteiger partial charge >= 0.3 is 0 Å². The van der Waals surface area contributed by atoms with Crippen LogP contribution in [0.2, 0.25) is 0 Å². The van der Waals surface area contributed by atoms with Crippen LogP contribution in [-0.4, -0.2) is 94.3 Å². The Kier molecular flexibility index (Phi) is 12.9. The van der Waals surface area contributed by atoms with Gasteiger partial charge in [0.05, 0.1) is 29.2 Å². The van der Waals surface area contributed by atoms with E-state index in [1.54, 1.807) is 0 Å². The first-order chi connectivity index (χ1) is 18.6. The minimum absolute atomic E-state index is 0.0362. The van der Waals surface area contributed by atoms with Crippen molar-refractivity contribution in [1.82, 2.24) is 15.1 Å². The van der Waals surface area contributed by atoms with Crippen LogP contribution >= 0.6 is 11.6 Å². The zero-order valence-electron chi connectivity index (χ0n) is 24.7. The normalized spacial score (nSPS) is 32.5. The molecule has 3 heterocycles. The summed E-state index contributed by atoms with van der Waals surface area (Å²) in [5.74, 6) is 3.68. The zero-order valence-corrected chi connectivity index (χ0v) is 26.2. The molecule has 6 atom stereocenters. The maximum Gasteiger partial charge on any atom is 0.228 e. The Morgan fingerprint density at radius 2 is 1.95 bits per heavy atom. The van der Waals surface area contributed by atoms with Gasteiger partial charge in [0.15, 0.2) is 0 Å². The molecule has 0 aromatic carbocycles. The summed E-state index contributed by atoms with van der Waals surface area (Å²) in [4.78, 5) is 23.8. The van der Waals surface area contributed by atoms with Crippen LogP contribution in [0.1, 0.15) is 79.1 Å². The van der Waals surface area contributed by atoms with Gasteiger partial charge < -0.3 is 21.7 Å². The van der Waals surface area contributed by atoms with Crippen molar-refractivity contribution in [3.8, 4) is 0 Å². The van der Waals surface area contributed by atoms with E-state index in [2.05, 4.69) is 48.7 Å². The number of carbonyl (C=O) groups excluding carboxylic acids is 1. The van der Waals surface area contributed by atoms with Crippen molar-refractivity contribution >= 4 is 34.2 Å². The molecule has 5 N–H and O–H groups in total. The van der Waals surface area contributed by atoms with Gasteiger partial charge in [-0.1, -0.05) is 58.6 Å². The molecule has 0 spiro atoms. The van der Waals surface area contributed by atoms with E-state index >= 15 is 0 Å². The van der Waals surface area contributed by atoms with E-state index in [9.17, 15) is 9.00 Å². The smallest absolute Gasteiger partial charge is 0.228 e. The second-order valence-electron chi connectivity index (χ2n) is 12.3. The predicted molar refractivity (Wildman–Crippen MR) is 163 cm³/mol. The van der Waals surface area contributed by atoms with Gasteiger partial charge in [-0.2, -0.15) is 0 Å². The molecule has 0 aromatic heterocycles. The van der Waals surface area contributed by atoms with E-state index in [0.717, 1.165) is 71.2 Å². The van der Waals surface area contributed by atoms with Crippen molar-refractivity contribution < 1.29 is 9.00 Å². The summed E-state index contributed by atoms with van der Waals surface area (Å²) in [5, 5.41) is 4.01. The number of unbranched alkanes of at least 4 members (excludes halogenated alkanes) is 2. The monoisotopic (exact) mass is 584 g/mol. The zero-order chi connectivity index (χ0) is 28.6. The van der Waals surface area contributed by atoms with Crippen LogP contribution in [0.5, 0.6) is 0 Å². The lowest BCUT2D eigenvalue weighted by molar-refractivity contribution is -0.129. The Labute approximate surface area is 244 Å². The number of likely N-dealkylation sites (tertiary alicyclic amines) is 1. The highest BCUT2D eigenvalue weighted by Gasteiger charge is 2.45. The molecule has 3 aliphatic rings. The number of aliphatic imine (C=N–C) groups is 1. The van der Waals surface area contributed by atoms with Crippen LogP contribution in [0, 0.1) is 17.3 Å². The van der Waals surface area contributed by atoms with Crippen LogP contribution in [-0.2, 0) is 15.6 Å². The average molecular weight is 585 g/mol. The summed E-state index contributed by atoms with van der Waals surface area (Å²) in [5.41, 5.74) is 12.7. The fourth-order valence-corrected chi connectivity index (χ4v) is 8.08. The van der Waals surface area contributed by atoms with Crippen LogP contribution in [0.4, 0.5) is 0 Å². The Bertz CT molecular complexity index is 887. The van der Waals surface area contributed by atoms with Gasteiger partial charge in [0, 0.05) is 48.0 Å². The number of carbonyl (C=O) groups is 1. The van der Waals surface area contributed by atoms with E-state index in [1.165, 1.54) is 12.8 Å². The number of hydrogen-bond acceptors (Lipinski definition) is 7. The minimum Gasteiger partial charge on any atom is -0.350 e. The second kappa shape index (κ2) is 15.4. The van der Waals surface area contributed by atoms with E-state index < -0.39 is 28.9 Å². The first kappa shape index (κ1) is 32.7. The molecule has 0 saturated carbocycles. The maximum atomic E-state index is 14.1. The standard InChI is InChI=1S/C29H53ClN6O2S/c1-5-7-8-13-35-14-10-24(36-15-17-39(38)18-16-36)23(20-35)34-28(37)25(27(31)32)26-21(3)29(4,11-6-2)12-9-22(30)19-33-26/h21,23-27H,5-18,20,31-32H2,1-4H3,(H,34,37). The first-order valence-electron chi connectivity index (χ1n) is 15.2. The van der Waals surface area contributed by atoms with E-state index in [-0.39, 0.29) is 29.3 Å². The first-order valence-corrected chi connectivity index (χ1v) is 17.1. The largest absolute Gasteiger partial charge is 0.350 e. The van der Waals surface area contributed by atoms with E-state index in [1.807, 2.05) is 0 Å². The molecular formula is C29H53ClN6O2S. The summed E-state index contributed by atoms with van der Waals surface area (Å²) in [6.07, 6.45) is 7.41. The van der Waals surface area contributed by atoms with Crippen LogP contribution in [0.15, 0.2) is 10.0 Å². The summed E-state index contributed by atoms with van der Waals surface area (Å²) in [6.45, 7) is 13.3. The summed E-state index contributed by atoms with van der Waals surface area (Å²) >= 11 is 6.45. The topological polar surface area (TPSA) is 117 Å². The molecule has 1 amide bonds. The van der Waals surface area contributed by atoms with Crippen molar-refractivity contribution in [2.45, 2.75) is 103 Å². The fraction of sp³-hybridized carbons (Fsp3) is 0.897. The third-order valence-corrected chi connectivity index (χ3v) is 11.1. The molecule has 39 heavy (non-hydrogen) atoms. The van der Waals surface area contributed by atoms with E-state index in [0.29, 0.717) is 16.5 Å². The number of piperidine rings is 1. The van der Waals surface area contributed by atoms with Crippen LogP contribution < -0.4 is 16.8 Å². The van der Waals surface area contributed by atoms with Crippen molar-refractivity contribution in [1.29, 1.82) is 0 Å². The Morgan fingerprint density at radius 3 is 2.59 bits per heavy atom. The van der Waals surface area contributed by atoms with Gasteiger partial charge in [0.2, 0.25) is 5.91 Å². The van der Waals surface area contributed by atoms with Crippen molar-refractivity contribution in [2.24, 2.45) is 33.7 Å². The number of rotatable bonds is 11. The Hall–Kier alpha value is -0.800. The summed E-state index contributed by atoms with van der Waals surface area (Å²) in [7, 11) is -0.741. The second-order valence-corrected chi connectivity index (χ2v) is 14.4. The highest BCUT2D eigenvalue weighted by atomic mass is 35.5. The molecule has 0 radical (unpaired) electrons. The van der Waals surface area contributed by atoms with Gasteiger partial charge in [-0.3, -0.25) is 13.9 Å². The lowest BCUT2D eigenvalue weighted by Gasteiger charge is -2.46. The molecule has 0 bridgehead atoms. The highest BCUT2D eigenvalue weighted by Crippen LogP contribution is 2.43. The van der Waals surface area contributed by atoms with Crippen molar-refractivity contribution in [3.63, 3.8) is 0 Å². The number of nitrogens with two attached hydrogens (primary N) is 2. The Balaban J connectivity index is 1.85. The average Bonchev–Trinajstić information content (AvgIpc) is 2.89. The third-order valence-electron chi connectivity index (χ3n) is 9.52. The summed E-state index contributed by atoms with van der Waals surface area (Å²) in [6, 6.07) is -0.244. The van der Waals surface area contributed by atoms with E-state index in [4.69, 9.17) is 28.1 Å².